The van der Waals surface area contributed by atoms with E-state index >= 15 is 0 Å². The number of halogens is 3. The molecule has 8 heteroatoms. The van der Waals surface area contributed by atoms with Crippen LogP contribution in [0.1, 0.15) is 11.6 Å². The monoisotopic (exact) mass is 383 g/mol. The van der Waals surface area contributed by atoms with Gasteiger partial charge in [0.15, 0.2) is 5.11 Å². The van der Waals surface area contributed by atoms with E-state index in [-0.39, 0.29) is 11.8 Å². The van der Waals surface area contributed by atoms with Gasteiger partial charge in [-0.3, -0.25) is 0 Å². The van der Waals surface area contributed by atoms with Crippen LogP contribution in [0.25, 0.3) is 0 Å². The molecule has 26 heavy (non-hydrogen) atoms. The number of benzene rings is 2. The van der Waals surface area contributed by atoms with Crippen LogP contribution in [0.3, 0.4) is 0 Å². The minimum absolute atomic E-state index is 0.0287. The third kappa shape index (κ3) is 6.89. The lowest BCUT2D eigenvalue weighted by Gasteiger charge is -2.24. The Morgan fingerprint density at radius 2 is 1.69 bits per heavy atom. The largest absolute Gasteiger partial charge is 0.573 e. The second-order valence-corrected chi connectivity index (χ2v) is 6.30. The van der Waals surface area contributed by atoms with Gasteiger partial charge in [-0.1, -0.05) is 30.3 Å². The van der Waals surface area contributed by atoms with Crippen LogP contribution >= 0.6 is 12.2 Å². The third-order valence-electron chi connectivity index (χ3n) is 3.40. The summed E-state index contributed by atoms with van der Waals surface area (Å²) in [7, 11) is 3.93. The summed E-state index contributed by atoms with van der Waals surface area (Å²) in [6, 6.07) is 15.2. The summed E-state index contributed by atoms with van der Waals surface area (Å²) in [5.74, 6) is -0.281. The fourth-order valence-corrected chi connectivity index (χ4v) is 2.61. The highest BCUT2D eigenvalue weighted by atomic mass is 32.1. The van der Waals surface area contributed by atoms with Gasteiger partial charge >= 0.3 is 6.36 Å². The van der Waals surface area contributed by atoms with E-state index < -0.39 is 6.36 Å². The number of ether oxygens (including phenoxy) is 1. The van der Waals surface area contributed by atoms with Crippen molar-refractivity contribution in [1.82, 2.24) is 10.2 Å². The first-order chi connectivity index (χ1) is 12.2. The number of anilines is 1. The molecule has 0 aliphatic heterocycles. The maximum Gasteiger partial charge on any atom is 0.573 e. The summed E-state index contributed by atoms with van der Waals surface area (Å²) in [5, 5.41) is 6.58. The van der Waals surface area contributed by atoms with E-state index in [2.05, 4.69) is 15.4 Å². The predicted molar refractivity (Wildman–Crippen MR) is 100 cm³/mol. The topological polar surface area (TPSA) is 36.5 Å². The first-order valence-electron chi connectivity index (χ1n) is 7.86. The normalized spacial score (nSPS) is 12.5. The molecular weight excluding hydrogens is 363 g/mol. The fraction of sp³-hybridized carbons (Fsp3) is 0.278. The minimum Gasteiger partial charge on any atom is -0.406 e. The number of thiocarbonyl (C=S) groups is 1. The standard InChI is InChI=1S/C18H20F3N3OS/c1-24(2)12-16(13-6-4-3-5-7-13)23-17(26)22-14-8-10-15(11-9-14)25-18(19,20)21/h3-11,16H,12H2,1-2H3,(H2,22,23,26)/t16-/m0/s1. The summed E-state index contributed by atoms with van der Waals surface area (Å²) in [5.41, 5.74) is 1.65. The maximum absolute atomic E-state index is 12.2. The minimum atomic E-state index is -4.71. The van der Waals surface area contributed by atoms with E-state index in [0.29, 0.717) is 10.8 Å². The molecule has 140 valence electrons. The maximum atomic E-state index is 12.2. The van der Waals surface area contributed by atoms with Gasteiger partial charge in [0.1, 0.15) is 5.75 Å². The molecule has 0 radical (unpaired) electrons. The number of likely N-dealkylation sites (N-methyl/N-ethyl adjacent to an activating group) is 1. The summed E-state index contributed by atoms with van der Waals surface area (Å²) in [6.45, 7) is 0.726. The number of rotatable bonds is 6. The lowest BCUT2D eigenvalue weighted by Crippen LogP contribution is -2.37. The van der Waals surface area contributed by atoms with E-state index in [9.17, 15) is 13.2 Å². The van der Waals surface area contributed by atoms with E-state index in [1.165, 1.54) is 24.3 Å². The smallest absolute Gasteiger partial charge is 0.406 e. The molecule has 0 saturated heterocycles. The Kier molecular flexibility index (Phi) is 6.82. The van der Waals surface area contributed by atoms with Crippen molar-refractivity contribution in [2.24, 2.45) is 0 Å². The Morgan fingerprint density at radius 3 is 2.23 bits per heavy atom. The van der Waals surface area contributed by atoms with Crippen molar-refractivity contribution in [2.45, 2.75) is 12.4 Å². The van der Waals surface area contributed by atoms with E-state index in [1.54, 1.807) is 0 Å². The van der Waals surface area contributed by atoms with Crippen molar-refractivity contribution in [2.75, 3.05) is 26.0 Å². The van der Waals surface area contributed by atoms with Crippen molar-refractivity contribution < 1.29 is 17.9 Å². The van der Waals surface area contributed by atoms with Crippen molar-refractivity contribution >= 4 is 23.0 Å². The SMILES string of the molecule is CN(C)C[C@H](NC(=S)Nc1ccc(OC(F)(F)F)cc1)c1ccccc1. The van der Waals surface area contributed by atoms with E-state index in [4.69, 9.17) is 12.2 Å². The van der Waals surface area contributed by atoms with Gasteiger partial charge in [-0.15, -0.1) is 13.2 Å². The van der Waals surface area contributed by atoms with Crippen LogP contribution in [0.5, 0.6) is 5.75 Å². The molecule has 0 amide bonds. The number of nitrogens with zero attached hydrogens (tertiary/aromatic N) is 1. The predicted octanol–water partition coefficient (Wildman–Crippen LogP) is 4.17. The second-order valence-electron chi connectivity index (χ2n) is 5.90. The fourth-order valence-electron chi connectivity index (χ4n) is 2.35. The van der Waals surface area contributed by atoms with Crippen LogP contribution in [-0.4, -0.2) is 37.0 Å². The van der Waals surface area contributed by atoms with Gasteiger partial charge in [-0.05, 0) is 56.1 Å². The molecule has 0 fully saturated rings. The van der Waals surface area contributed by atoms with Crippen LogP contribution in [-0.2, 0) is 0 Å². The average molecular weight is 383 g/mol. The Morgan fingerprint density at radius 1 is 1.08 bits per heavy atom. The molecule has 2 aromatic carbocycles. The Bertz CT molecular complexity index is 706. The van der Waals surface area contributed by atoms with Gasteiger partial charge in [0.25, 0.3) is 0 Å². The van der Waals surface area contributed by atoms with Crippen molar-refractivity contribution in [1.29, 1.82) is 0 Å². The van der Waals surface area contributed by atoms with E-state index in [1.807, 2.05) is 49.3 Å². The summed E-state index contributed by atoms with van der Waals surface area (Å²) in [4.78, 5) is 2.04. The highest BCUT2D eigenvalue weighted by Crippen LogP contribution is 2.24. The third-order valence-corrected chi connectivity index (χ3v) is 3.62. The molecule has 2 aromatic rings. The zero-order valence-corrected chi connectivity index (χ0v) is 15.2. The molecule has 0 heterocycles. The number of hydrogen-bond donors (Lipinski definition) is 2. The Hall–Kier alpha value is -2.32. The molecule has 0 aromatic heterocycles. The molecule has 0 spiro atoms. The zero-order chi connectivity index (χ0) is 19.2. The van der Waals surface area contributed by atoms with Crippen LogP contribution in [0.2, 0.25) is 0 Å². The molecule has 0 bridgehead atoms. The first-order valence-corrected chi connectivity index (χ1v) is 8.27. The van der Waals surface area contributed by atoms with Crippen molar-refractivity contribution in [3.05, 3.63) is 60.2 Å². The molecule has 2 N–H and O–H groups in total. The number of hydrogen-bond acceptors (Lipinski definition) is 3. The van der Waals surface area contributed by atoms with Gasteiger partial charge in [-0.2, -0.15) is 0 Å². The molecule has 2 rings (SSSR count). The lowest BCUT2D eigenvalue weighted by atomic mass is 10.1. The molecule has 0 aliphatic carbocycles. The zero-order valence-electron chi connectivity index (χ0n) is 14.4. The van der Waals surface area contributed by atoms with Crippen LogP contribution < -0.4 is 15.4 Å². The second kappa shape index (κ2) is 8.86. The molecule has 0 saturated carbocycles. The van der Waals surface area contributed by atoms with Crippen LogP contribution in [0.15, 0.2) is 54.6 Å². The Balaban J connectivity index is 1.99. The average Bonchev–Trinajstić information content (AvgIpc) is 2.55. The van der Waals surface area contributed by atoms with Gasteiger partial charge < -0.3 is 20.3 Å². The van der Waals surface area contributed by atoms with Crippen molar-refractivity contribution in [3.8, 4) is 5.75 Å². The quantitative estimate of drug-likeness (QED) is 0.732. The van der Waals surface area contributed by atoms with E-state index in [0.717, 1.165) is 12.1 Å². The van der Waals surface area contributed by atoms with Gasteiger partial charge in [0, 0.05) is 12.2 Å². The lowest BCUT2D eigenvalue weighted by molar-refractivity contribution is -0.274. The van der Waals surface area contributed by atoms with Crippen molar-refractivity contribution in [3.63, 3.8) is 0 Å². The Labute approximate surface area is 156 Å². The molecule has 0 unspecified atom stereocenters. The molecule has 1 atom stereocenters. The number of alkyl halides is 3. The van der Waals surface area contributed by atoms with Gasteiger partial charge in [0.05, 0.1) is 6.04 Å². The molecule has 0 aliphatic rings. The van der Waals surface area contributed by atoms with Crippen LogP contribution in [0, 0.1) is 0 Å². The summed E-state index contributed by atoms with van der Waals surface area (Å²) >= 11 is 5.33. The van der Waals surface area contributed by atoms with Gasteiger partial charge in [0.2, 0.25) is 0 Å². The number of nitrogens with one attached hydrogen (secondary N) is 2. The molecular formula is C18H20F3N3OS. The highest BCUT2D eigenvalue weighted by Gasteiger charge is 2.30. The highest BCUT2D eigenvalue weighted by molar-refractivity contribution is 7.80. The van der Waals surface area contributed by atoms with Gasteiger partial charge in [-0.25, -0.2) is 0 Å². The van der Waals surface area contributed by atoms with Crippen LogP contribution in [0.4, 0.5) is 18.9 Å². The first kappa shape index (κ1) is 20.0. The summed E-state index contributed by atoms with van der Waals surface area (Å²) in [6.07, 6.45) is -4.71. The summed E-state index contributed by atoms with van der Waals surface area (Å²) < 4.78 is 40.4. The molecule has 4 nitrogen and oxygen atoms in total.